The molecule has 2 N–H and O–H groups in total. The molecule has 204 valence electrons. The Morgan fingerprint density at radius 3 is 1.74 bits per heavy atom. The number of rotatable bonds is 11. The number of hydrogen-bond acceptors (Lipinski definition) is 5. The molecule has 2 aliphatic heterocycles. The predicted molar refractivity (Wildman–Crippen MR) is 153 cm³/mol. The first kappa shape index (κ1) is 26.9. The number of para-hydroxylation sites is 1. The third kappa shape index (κ3) is 6.49. The molecule has 5 rings (SSSR count). The molecule has 3 aromatic carbocycles. The lowest BCUT2D eigenvalue weighted by atomic mass is 9.88. The number of nitrogens with zero attached hydrogens (tertiary/aromatic N) is 2. The van der Waals surface area contributed by atoms with Gasteiger partial charge in [0.2, 0.25) is 11.8 Å². The van der Waals surface area contributed by atoms with Gasteiger partial charge in [0.15, 0.2) is 6.23 Å². The number of aliphatic hydroxyl groups excluding tert-OH is 1. The topological polar surface area (TPSA) is 82.1 Å². The summed E-state index contributed by atoms with van der Waals surface area (Å²) in [4.78, 5) is 28.2. The maximum Gasteiger partial charge on any atom is 0.227 e. The van der Waals surface area contributed by atoms with Gasteiger partial charge < -0.3 is 19.6 Å². The van der Waals surface area contributed by atoms with Crippen LogP contribution in [0.15, 0.2) is 78.9 Å². The lowest BCUT2D eigenvalue weighted by molar-refractivity contribution is -0.117. The fourth-order valence-corrected chi connectivity index (χ4v) is 5.47. The van der Waals surface area contributed by atoms with Gasteiger partial charge in [-0.25, -0.2) is 0 Å². The van der Waals surface area contributed by atoms with Crippen molar-refractivity contribution in [3.63, 3.8) is 0 Å². The number of benzene rings is 3. The zero-order valence-corrected chi connectivity index (χ0v) is 22.5. The first-order valence-corrected chi connectivity index (χ1v) is 13.9. The highest BCUT2D eigenvalue weighted by molar-refractivity contribution is 5.95. The van der Waals surface area contributed by atoms with Crippen molar-refractivity contribution in [2.75, 3.05) is 29.4 Å². The van der Waals surface area contributed by atoms with E-state index in [2.05, 4.69) is 29.6 Å². The average molecular weight is 528 g/mol. The zero-order chi connectivity index (χ0) is 27.2. The molecule has 7 nitrogen and oxygen atoms in total. The third-order valence-electron chi connectivity index (χ3n) is 7.58. The van der Waals surface area contributed by atoms with Crippen molar-refractivity contribution in [1.29, 1.82) is 0 Å². The van der Waals surface area contributed by atoms with Gasteiger partial charge >= 0.3 is 0 Å². The van der Waals surface area contributed by atoms with Crippen LogP contribution in [0.25, 0.3) is 0 Å². The quantitative estimate of drug-likeness (QED) is 0.349. The Morgan fingerprint density at radius 1 is 0.795 bits per heavy atom. The Bertz CT molecular complexity index is 1180. The van der Waals surface area contributed by atoms with Crippen LogP contribution in [0.3, 0.4) is 0 Å². The van der Waals surface area contributed by atoms with Gasteiger partial charge in [-0.05, 0) is 80.3 Å². The van der Waals surface area contributed by atoms with Gasteiger partial charge in [-0.2, -0.15) is 0 Å². The van der Waals surface area contributed by atoms with Crippen LogP contribution in [0.1, 0.15) is 56.1 Å². The molecule has 0 aliphatic carbocycles. The van der Waals surface area contributed by atoms with E-state index in [-0.39, 0.29) is 17.7 Å². The number of carbonyl (C=O) groups excluding carboxylic acids is 2. The number of anilines is 2. The number of amides is 2. The smallest absolute Gasteiger partial charge is 0.227 e. The van der Waals surface area contributed by atoms with Gasteiger partial charge in [-0.15, -0.1) is 0 Å². The fraction of sp³-hybridized carbons (Fsp3) is 0.375. The van der Waals surface area contributed by atoms with Gasteiger partial charge in [0.25, 0.3) is 0 Å². The van der Waals surface area contributed by atoms with E-state index < -0.39 is 12.3 Å². The van der Waals surface area contributed by atoms with E-state index in [4.69, 9.17) is 4.74 Å². The van der Waals surface area contributed by atoms with Crippen LogP contribution < -0.4 is 19.9 Å². The van der Waals surface area contributed by atoms with Crippen molar-refractivity contribution < 1.29 is 19.4 Å². The minimum absolute atomic E-state index is 0.0792. The van der Waals surface area contributed by atoms with E-state index in [1.54, 1.807) is 6.92 Å². The predicted octanol–water partition coefficient (Wildman–Crippen LogP) is 4.84. The van der Waals surface area contributed by atoms with Gasteiger partial charge in [0.1, 0.15) is 11.9 Å². The summed E-state index contributed by atoms with van der Waals surface area (Å²) >= 11 is 0. The summed E-state index contributed by atoms with van der Waals surface area (Å²) in [5, 5.41) is 13.7. The molecule has 0 saturated carbocycles. The summed E-state index contributed by atoms with van der Waals surface area (Å²) in [6, 6.07) is 26.1. The van der Waals surface area contributed by atoms with Crippen LogP contribution in [0.4, 0.5) is 11.4 Å². The Labute approximate surface area is 230 Å². The Morgan fingerprint density at radius 2 is 1.31 bits per heavy atom. The van der Waals surface area contributed by atoms with E-state index >= 15 is 0 Å². The van der Waals surface area contributed by atoms with E-state index in [1.165, 1.54) is 0 Å². The molecular weight excluding hydrogens is 490 g/mol. The average Bonchev–Trinajstić information content (AvgIpc) is 3.59. The molecule has 0 aromatic heterocycles. The standard InChI is InChI=1S/C32H37N3O4/c1-23(36)32(39-28-7-3-2-4-8-28)33-20-19-29(24-11-15-26(16-12-24)34-21-5-9-30(34)37)25-13-17-27(18-14-25)35-22-6-10-31(35)38/h2-4,7-8,11-18,23,29,32-33,36H,5-6,9-10,19-22H2,1H3. The van der Waals surface area contributed by atoms with Crippen molar-refractivity contribution in [2.24, 2.45) is 0 Å². The minimum atomic E-state index is -0.696. The van der Waals surface area contributed by atoms with Gasteiger partial charge in [-0.1, -0.05) is 42.5 Å². The second-order valence-corrected chi connectivity index (χ2v) is 10.4. The van der Waals surface area contributed by atoms with Gasteiger partial charge in [0.05, 0.1) is 0 Å². The second-order valence-electron chi connectivity index (χ2n) is 10.4. The summed E-state index contributed by atoms with van der Waals surface area (Å²) in [5.74, 6) is 1.14. The number of carbonyl (C=O) groups is 2. The number of hydrogen-bond donors (Lipinski definition) is 2. The number of nitrogens with one attached hydrogen (secondary N) is 1. The van der Waals surface area contributed by atoms with Crippen LogP contribution in [-0.2, 0) is 9.59 Å². The maximum absolute atomic E-state index is 12.2. The lowest BCUT2D eigenvalue weighted by Crippen LogP contribution is -2.43. The zero-order valence-electron chi connectivity index (χ0n) is 22.5. The molecule has 3 aromatic rings. The second kappa shape index (κ2) is 12.5. The van der Waals surface area contributed by atoms with Crippen molar-refractivity contribution in [2.45, 2.75) is 57.3 Å². The molecule has 2 unspecified atom stereocenters. The summed E-state index contributed by atoms with van der Waals surface area (Å²) in [5.41, 5.74) is 4.17. The first-order valence-electron chi connectivity index (χ1n) is 13.9. The Kier molecular flexibility index (Phi) is 8.59. The fourth-order valence-electron chi connectivity index (χ4n) is 5.47. The molecule has 2 atom stereocenters. The highest BCUT2D eigenvalue weighted by Crippen LogP contribution is 2.32. The molecule has 0 spiro atoms. The number of aliphatic hydroxyl groups is 1. The summed E-state index contributed by atoms with van der Waals surface area (Å²) in [6.45, 7) is 3.87. The monoisotopic (exact) mass is 527 g/mol. The van der Waals surface area contributed by atoms with Crippen LogP contribution in [0.2, 0.25) is 0 Å². The molecule has 2 saturated heterocycles. The lowest BCUT2D eigenvalue weighted by Gasteiger charge is -2.25. The van der Waals surface area contributed by atoms with E-state index in [0.29, 0.717) is 25.1 Å². The molecule has 39 heavy (non-hydrogen) atoms. The Hall–Kier alpha value is -3.68. The summed E-state index contributed by atoms with van der Waals surface area (Å²) in [7, 11) is 0. The molecule has 7 heteroatoms. The van der Waals surface area contributed by atoms with Crippen molar-refractivity contribution in [1.82, 2.24) is 5.32 Å². The molecule has 2 amide bonds. The van der Waals surface area contributed by atoms with Gasteiger partial charge in [0, 0.05) is 43.2 Å². The van der Waals surface area contributed by atoms with Crippen LogP contribution in [0.5, 0.6) is 5.75 Å². The molecular formula is C32H37N3O4. The van der Waals surface area contributed by atoms with Gasteiger partial charge in [-0.3, -0.25) is 14.9 Å². The maximum atomic E-state index is 12.2. The van der Waals surface area contributed by atoms with Crippen LogP contribution in [-0.4, -0.2) is 48.9 Å². The van der Waals surface area contributed by atoms with Crippen molar-refractivity contribution in [3.05, 3.63) is 90.0 Å². The minimum Gasteiger partial charge on any atom is -0.473 e. The molecule has 2 aliphatic rings. The molecule has 0 bridgehead atoms. The molecule has 0 radical (unpaired) electrons. The van der Waals surface area contributed by atoms with E-state index in [0.717, 1.165) is 54.9 Å². The van der Waals surface area contributed by atoms with E-state index in [1.807, 2.05) is 64.4 Å². The molecule has 2 fully saturated rings. The van der Waals surface area contributed by atoms with E-state index in [9.17, 15) is 14.7 Å². The summed E-state index contributed by atoms with van der Waals surface area (Å²) in [6.07, 6.45) is 2.55. The molecule has 2 heterocycles. The Balaban J connectivity index is 1.33. The highest BCUT2D eigenvalue weighted by atomic mass is 16.5. The normalized spacial score (nSPS) is 17.2. The largest absolute Gasteiger partial charge is 0.473 e. The van der Waals surface area contributed by atoms with Crippen LogP contribution >= 0.6 is 0 Å². The third-order valence-corrected chi connectivity index (χ3v) is 7.58. The van der Waals surface area contributed by atoms with Crippen molar-refractivity contribution >= 4 is 23.2 Å². The first-order chi connectivity index (χ1) is 19.0. The summed E-state index contributed by atoms with van der Waals surface area (Å²) < 4.78 is 6.00. The van der Waals surface area contributed by atoms with Crippen LogP contribution in [0, 0.1) is 0 Å². The van der Waals surface area contributed by atoms with Crippen molar-refractivity contribution in [3.8, 4) is 5.75 Å². The number of ether oxygens (including phenoxy) is 1. The SMILES string of the molecule is CC(O)C(NCCC(c1ccc(N2CCCC2=O)cc1)c1ccc(N2CCCC2=O)cc1)Oc1ccccc1. The highest BCUT2D eigenvalue weighted by Gasteiger charge is 2.24.